The number of nitrogens with two attached hydrogens (primary N) is 1. The van der Waals surface area contributed by atoms with Gasteiger partial charge in [-0.15, -0.1) is 0 Å². The fourth-order valence-electron chi connectivity index (χ4n) is 3.59. The van der Waals surface area contributed by atoms with Gasteiger partial charge in [-0.3, -0.25) is 9.59 Å². The molecule has 0 aromatic heterocycles. The first kappa shape index (κ1) is 26.0. The number of hydrogen-bond acceptors (Lipinski definition) is 3. The maximum absolute atomic E-state index is 12.9. The van der Waals surface area contributed by atoms with Gasteiger partial charge in [0.2, 0.25) is 0 Å². The van der Waals surface area contributed by atoms with Gasteiger partial charge in [0, 0.05) is 24.3 Å². The van der Waals surface area contributed by atoms with Gasteiger partial charge < -0.3 is 21.3 Å². The Balaban J connectivity index is 1.61. The lowest BCUT2D eigenvalue weighted by atomic mass is 10.0. The predicted octanol–water partition coefficient (Wildman–Crippen LogP) is 3.95. The predicted molar refractivity (Wildman–Crippen MR) is 125 cm³/mol. The van der Waals surface area contributed by atoms with Gasteiger partial charge in [-0.1, -0.05) is 23.7 Å². The Morgan fingerprint density at radius 3 is 2.43 bits per heavy atom. The molecule has 1 aliphatic rings. The third-order valence-electron chi connectivity index (χ3n) is 5.40. The maximum Gasteiger partial charge on any atom is 0.473 e. The molecule has 1 fully saturated rings. The Bertz CT molecular complexity index is 1120. The zero-order valence-electron chi connectivity index (χ0n) is 18.4. The second kappa shape index (κ2) is 11.2. The van der Waals surface area contributed by atoms with Gasteiger partial charge in [-0.05, 0) is 55.7 Å². The van der Waals surface area contributed by atoms with Crippen LogP contribution >= 0.6 is 11.6 Å². The van der Waals surface area contributed by atoms with Crippen molar-refractivity contribution < 1.29 is 27.6 Å². The molecule has 4 amide bonds. The van der Waals surface area contributed by atoms with Crippen LogP contribution in [0.25, 0.3) is 0 Å². The fourth-order valence-corrected chi connectivity index (χ4v) is 3.81. The highest BCUT2D eigenvalue weighted by atomic mass is 35.5. The van der Waals surface area contributed by atoms with E-state index in [0.29, 0.717) is 29.2 Å². The number of carbonyl (C=O) groups is 3. The first-order chi connectivity index (χ1) is 16.6. The van der Waals surface area contributed by atoms with E-state index < -0.39 is 17.9 Å². The molecule has 4 N–H and O–H groups in total. The molecule has 0 aliphatic carbocycles. The minimum absolute atomic E-state index is 0.0960. The van der Waals surface area contributed by atoms with Gasteiger partial charge in [0.15, 0.2) is 0 Å². The summed E-state index contributed by atoms with van der Waals surface area (Å²) in [6, 6.07) is 11.6. The Kier molecular flexibility index (Phi) is 8.34. The summed E-state index contributed by atoms with van der Waals surface area (Å²) in [6.07, 6.45) is -2.70. The van der Waals surface area contributed by atoms with Crippen LogP contribution in [0.4, 0.5) is 23.7 Å². The van der Waals surface area contributed by atoms with Crippen LogP contribution in [0.3, 0.4) is 0 Å². The van der Waals surface area contributed by atoms with Gasteiger partial charge in [0.25, 0.3) is 5.91 Å². The third kappa shape index (κ3) is 6.95. The lowest BCUT2D eigenvalue weighted by Gasteiger charge is -2.35. The van der Waals surface area contributed by atoms with Crippen molar-refractivity contribution in [1.29, 1.82) is 0 Å². The van der Waals surface area contributed by atoms with Crippen LogP contribution in [-0.4, -0.2) is 53.9 Å². The van der Waals surface area contributed by atoms with E-state index in [1.165, 1.54) is 24.3 Å². The monoisotopic (exact) mass is 509 g/mol. The summed E-state index contributed by atoms with van der Waals surface area (Å²) in [7, 11) is 0. The van der Waals surface area contributed by atoms with E-state index in [-0.39, 0.29) is 30.1 Å². The standard InChI is InChI=1S/C23H23ClF3N5O3/c24-18-7-2-1-6-17(18)20(33)29-13-16-5-3-4-12-32(16)22(35)30-15-10-8-14(9-11-15)19(28)31-21(34)23(25,26)27/h1-2,6-11,16H,3-5,12-13H2,(H,29,33)(H,30,35)(H2,28,31,34). The maximum atomic E-state index is 12.9. The highest BCUT2D eigenvalue weighted by molar-refractivity contribution is 6.33. The molecule has 1 saturated heterocycles. The van der Waals surface area contributed by atoms with Crippen molar-refractivity contribution in [3.8, 4) is 0 Å². The molecule has 0 radical (unpaired) electrons. The number of nitrogens with zero attached hydrogens (tertiary/aromatic N) is 2. The molecular formula is C23H23ClF3N5O3. The van der Waals surface area contributed by atoms with Gasteiger partial charge in [0.1, 0.15) is 5.84 Å². The molecule has 8 nitrogen and oxygen atoms in total. The largest absolute Gasteiger partial charge is 0.473 e. The van der Waals surface area contributed by atoms with E-state index in [1.54, 1.807) is 29.2 Å². The van der Waals surface area contributed by atoms with Crippen LogP contribution in [0, 0.1) is 0 Å². The zero-order valence-corrected chi connectivity index (χ0v) is 19.2. The highest BCUT2D eigenvalue weighted by Gasteiger charge is 2.38. The minimum atomic E-state index is -5.11. The number of aliphatic imine (C=N–C) groups is 1. The molecule has 0 saturated carbocycles. The number of piperidine rings is 1. The molecule has 0 spiro atoms. The third-order valence-corrected chi connectivity index (χ3v) is 5.73. The Hall–Kier alpha value is -3.60. The molecule has 186 valence electrons. The van der Waals surface area contributed by atoms with Crippen molar-refractivity contribution in [2.45, 2.75) is 31.5 Å². The number of benzene rings is 2. The summed E-state index contributed by atoms with van der Waals surface area (Å²) in [5.74, 6) is -3.22. The van der Waals surface area contributed by atoms with Gasteiger partial charge in [-0.2, -0.15) is 18.2 Å². The molecule has 12 heteroatoms. The van der Waals surface area contributed by atoms with Crippen molar-refractivity contribution in [2.24, 2.45) is 10.7 Å². The van der Waals surface area contributed by atoms with E-state index in [1.807, 2.05) is 0 Å². The van der Waals surface area contributed by atoms with E-state index >= 15 is 0 Å². The molecule has 35 heavy (non-hydrogen) atoms. The number of halogens is 4. The first-order valence-electron chi connectivity index (χ1n) is 10.7. The van der Waals surface area contributed by atoms with Crippen molar-refractivity contribution in [2.75, 3.05) is 18.4 Å². The molecule has 2 aromatic rings. The molecule has 1 atom stereocenters. The molecule has 1 heterocycles. The van der Waals surface area contributed by atoms with E-state index in [2.05, 4.69) is 15.6 Å². The molecule has 0 bridgehead atoms. The summed E-state index contributed by atoms with van der Waals surface area (Å²) in [4.78, 5) is 40.8. The summed E-state index contributed by atoms with van der Waals surface area (Å²) >= 11 is 6.07. The van der Waals surface area contributed by atoms with Crippen LogP contribution in [0.1, 0.15) is 35.2 Å². The van der Waals surface area contributed by atoms with Gasteiger partial charge in [-0.25, -0.2) is 4.79 Å². The van der Waals surface area contributed by atoms with Crippen molar-refractivity contribution in [3.63, 3.8) is 0 Å². The van der Waals surface area contributed by atoms with Crippen molar-refractivity contribution in [1.82, 2.24) is 10.2 Å². The first-order valence-corrected chi connectivity index (χ1v) is 11.1. The molecule has 1 unspecified atom stereocenters. The van der Waals surface area contributed by atoms with Gasteiger partial charge >= 0.3 is 18.1 Å². The number of nitrogens with one attached hydrogen (secondary N) is 2. The lowest BCUT2D eigenvalue weighted by molar-refractivity contribution is -0.169. The Morgan fingerprint density at radius 2 is 1.77 bits per heavy atom. The SMILES string of the molecule is NC(=NC(=O)C(F)(F)F)c1ccc(NC(=O)N2CCCCC2CNC(=O)c2ccccc2Cl)cc1. The topological polar surface area (TPSA) is 117 Å². The van der Waals surface area contributed by atoms with Gasteiger partial charge in [0.05, 0.1) is 16.6 Å². The van der Waals surface area contributed by atoms with Crippen molar-refractivity contribution in [3.05, 3.63) is 64.7 Å². The highest BCUT2D eigenvalue weighted by Crippen LogP contribution is 2.20. The van der Waals surface area contributed by atoms with E-state index in [0.717, 1.165) is 12.8 Å². The second-order valence-corrected chi connectivity index (χ2v) is 8.25. The number of carbonyl (C=O) groups excluding carboxylic acids is 3. The second-order valence-electron chi connectivity index (χ2n) is 7.84. The number of rotatable bonds is 5. The number of amides is 4. The van der Waals surface area contributed by atoms with Crippen LogP contribution in [0.5, 0.6) is 0 Å². The van der Waals surface area contributed by atoms with Crippen LogP contribution in [-0.2, 0) is 4.79 Å². The number of likely N-dealkylation sites (tertiary alicyclic amines) is 1. The normalized spacial score (nSPS) is 16.5. The minimum Gasteiger partial charge on any atom is -0.383 e. The summed E-state index contributed by atoms with van der Waals surface area (Å²) in [5.41, 5.74) is 6.30. The van der Waals surface area contributed by atoms with Crippen LogP contribution in [0.15, 0.2) is 53.5 Å². The number of amidine groups is 1. The van der Waals surface area contributed by atoms with Crippen molar-refractivity contribution >= 4 is 41.0 Å². The quantitative estimate of drug-likeness (QED) is 0.418. The summed E-state index contributed by atoms with van der Waals surface area (Å²) in [5, 5.41) is 5.88. The van der Waals surface area contributed by atoms with Crippen LogP contribution < -0.4 is 16.4 Å². The summed E-state index contributed by atoms with van der Waals surface area (Å²) < 4.78 is 37.1. The Morgan fingerprint density at radius 1 is 1.09 bits per heavy atom. The smallest absolute Gasteiger partial charge is 0.383 e. The average Bonchev–Trinajstić information content (AvgIpc) is 2.82. The van der Waals surface area contributed by atoms with Crippen LogP contribution in [0.2, 0.25) is 5.02 Å². The average molecular weight is 510 g/mol. The van der Waals surface area contributed by atoms with E-state index in [9.17, 15) is 27.6 Å². The molecule has 1 aliphatic heterocycles. The lowest BCUT2D eigenvalue weighted by Crippen LogP contribution is -2.50. The molecular weight excluding hydrogens is 487 g/mol. The van der Waals surface area contributed by atoms with E-state index in [4.69, 9.17) is 17.3 Å². The zero-order chi connectivity index (χ0) is 25.6. The number of alkyl halides is 3. The fraction of sp³-hybridized carbons (Fsp3) is 0.304. The number of anilines is 1. The molecule has 3 rings (SSSR count). The summed E-state index contributed by atoms with van der Waals surface area (Å²) in [6.45, 7) is 0.742. The number of urea groups is 1. The number of hydrogen-bond donors (Lipinski definition) is 3. The molecule has 2 aromatic carbocycles. The Labute approximate surface area is 204 Å².